The van der Waals surface area contributed by atoms with Crippen molar-refractivity contribution >= 4 is 24.2 Å². The molecule has 0 aromatic carbocycles. The molecule has 0 aromatic rings. The van der Waals surface area contributed by atoms with Crippen molar-refractivity contribution in [3.05, 3.63) is 0 Å². The van der Waals surface area contributed by atoms with Gasteiger partial charge in [-0.2, -0.15) is 0 Å². The first kappa shape index (κ1) is 18.6. The molecule has 0 aliphatic rings. The Morgan fingerprint density at radius 2 is 1.88 bits per heavy atom. The van der Waals surface area contributed by atoms with Gasteiger partial charge in [0, 0.05) is 27.1 Å². The van der Waals surface area contributed by atoms with Crippen LogP contribution in [0.4, 0.5) is 0 Å². The summed E-state index contributed by atoms with van der Waals surface area (Å²) < 4.78 is 0. The van der Waals surface area contributed by atoms with Gasteiger partial charge < -0.3 is 16.0 Å². The number of carbonyl (C=O) groups is 2. The van der Waals surface area contributed by atoms with Gasteiger partial charge in [-0.05, 0) is 12.3 Å². The van der Waals surface area contributed by atoms with E-state index in [1.54, 1.807) is 14.1 Å². The summed E-state index contributed by atoms with van der Waals surface area (Å²) >= 11 is 0. The number of amides is 2. The zero-order valence-electron chi connectivity index (χ0n) is 11.0. The van der Waals surface area contributed by atoms with E-state index in [4.69, 9.17) is 5.73 Å². The van der Waals surface area contributed by atoms with Crippen LogP contribution in [0, 0.1) is 5.92 Å². The Kier molecular flexibility index (Phi) is 10.1. The van der Waals surface area contributed by atoms with Gasteiger partial charge in [0.1, 0.15) is 0 Å². The van der Waals surface area contributed by atoms with E-state index in [-0.39, 0.29) is 24.2 Å². The lowest BCUT2D eigenvalue weighted by Crippen LogP contribution is -2.43. The maximum Gasteiger partial charge on any atom is 0.239 e. The molecule has 0 rings (SSSR count). The molecule has 2 amide bonds. The Morgan fingerprint density at radius 3 is 2.29 bits per heavy atom. The van der Waals surface area contributed by atoms with Crippen molar-refractivity contribution in [3.63, 3.8) is 0 Å². The van der Waals surface area contributed by atoms with Crippen LogP contribution in [0.1, 0.15) is 26.7 Å². The summed E-state index contributed by atoms with van der Waals surface area (Å²) in [5, 5.41) is 2.51. The summed E-state index contributed by atoms with van der Waals surface area (Å²) in [7, 11) is 3.25. The minimum atomic E-state index is -0.463. The number of hydrogen-bond donors (Lipinski definition) is 2. The zero-order chi connectivity index (χ0) is 12.7. The number of nitrogens with zero attached hydrogens (tertiary/aromatic N) is 1. The number of nitrogens with one attached hydrogen (secondary N) is 1. The van der Waals surface area contributed by atoms with Gasteiger partial charge in [0.2, 0.25) is 11.8 Å². The van der Waals surface area contributed by atoms with Crippen LogP contribution in [0.15, 0.2) is 0 Å². The van der Waals surface area contributed by atoms with Crippen LogP contribution in [-0.2, 0) is 9.59 Å². The van der Waals surface area contributed by atoms with Gasteiger partial charge in [-0.15, -0.1) is 12.4 Å². The monoisotopic (exact) mass is 265 g/mol. The van der Waals surface area contributed by atoms with E-state index in [1.807, 2.05) is 13.8 Å². The highest BCUT2D eigenvalue weighted by Gasteiger charge is 2.19. The van der Waals surface area contributed by atoms with E-state index in [0.717, 1.165) is 0 Å². The molecule has 3 N–H and O–H groups in total. The minimum absolute atomic E-state index is 0. The van der Waals surface area contributed by atoms with Crippen LogP contribution in [0.3, 0.4) is 0 Å². The number of nitrogens with two attached hydrogens (primary N) is 1. The summed E-state index contributed by atoms with van der Waals surface area (Å²) in [5.74, 6) is 0.223. The maximum absolute atomic E-state index is 11.7. The Morgan fingerprint density at radius 1 is 1.35 bits per heavy atom. The van der Waals surface area contributed by atoms with Crippen molar-refractivity contribution in [3.8, 4) is 0 Å². The fourth-order valence-electron chi connectivity index (χ4n) is 1.40. The lowest BCUT2D eigenvalue weighted by Gasteiger charge is -2.21. The Bertz CT molecular complexity index is 247. The topological polar surface area (TPSA) is 75.4 Å². The minimum Gasteiger partial charge on any atom is -0.359 e. The average molecular weight is 266 g/mol. The standard InChI is InChI=1S/C11H23N3O2.ClH/c1-8(2)7-9(12)11(16)14(4)6-5-10(15)13-3;/h8-9H,5-7,12H2,1-4H3,(H,13,15);1H/t9-;/m0./s1. The predicted octanol–water partition coefficient (Wildman–Crippen LogP) is 0.376. The summed E-state index contributed by atoms with van der Waals surface area (Å²) in [6.45, 7) is 4.46. The fourth-order valence-corrected chi connectivity index (χ4v) is 1.40. The third kappa shape index (κ3) is 7.99. The molecule has 0 aliphatic heterocycles. The first-order valence-corrected chi connectivity index (χ1v) is 5.59. The number of rotatable bonds is 6. The molecule has 5 nitrogen and oxygen atoms in total. The third-order valence-corrected chi connectivity index (χ3v) is 2.37. The summed E-state index contributed by atoms with van der Waals surface area (Å²) in [6, 6.07) is -0.463. The molecule has 0 unspecified atom stereocenters. The highest BCUT2D eigenvalue weighted by Crippen LogP contribution is 2.05. The Labute approximate surface area is 110 Å². The fraction of sp³-hybridized carbons (Fsp3) is 0.818. The predicted molar refractivity (Wildman–Crippen MR) is 71.0 cm³/mol. The number of likely N-dealkylation sites (N-methyl/N-ethyl adjacent to an activating group) is 1. The second-order valence-electron chi connectivity index (χ2n) is 4.42. The lowest BCUT2D eigenvalue weighted by atomic mass is 10.0. The molecule has 0 radical (unpaired) electrons. The van der Waals surface area contributed by atoms with Gasteiger partial charge in [-0.25, -0.2) is 0 Å². The number of hydrogen-bond acceptors (Lipinski definition) is 3. The SMILES string of the molecule is CNC(=O)CCN(C)C(=O)[C@@H](N)CC(C)C.Cl. The molecule has 0 aliphatic carbocycles. The maximum atomic E-state index is 11.7. The molecule has 0 heterocycles. The quantitative estimate of drug-likeness (QED) is 0.729. The van der Waals surface area contributed by atoms with Crippen molar-refractivity contribution in [1.29, 1.82) is 0 Å². The van der Waals surface area contributed by atoms with Gasteiger partial charge in [0.15, 0.2) is 0 Å². The molecule has 6 heteroatoms. The smallest absolute Gasteiger partial charge is 0.239 e. The molecule has 17 heavy (non-hydrogen) atoms. The van der Waals surface area contributed by atoms with Crippen molar-refractivity contribution in [2.24, 2.45) is 11.7 Å². The molecular weight excluding hydrogens is 242 g/mol. The lowest BCUT2D eigenvalue weighted by molar-refractivity contribution is -0.132. The van der Waals surface area contributed by atoms with Crippen LogP contribution in [-0.4, -0.2) is 43.4 Å². The second-order valence-corrected chi connectivity index (χ2v) is 4.42. The molecule has 0 saturated heterocycles. The van der Waals surface area contributed by atoms with Gasteiger partial charge in [-0.1, -0.05) is 13.8 Å². The van der Waals surface area contributed by atoms with Crippen LogP contribution in [0.25, 0.3) is 0 Å². The molecular formula is C11H24ClN3O2. The summed E-state index contributed by atoms with van der Waals surface area (Å²) in [4.78, 5) is 24.3. The molecule has 0 saturated carbocycles. The van der Waals surface area contributed by atoms with Crippen molar-refractivity contribution < 1.29 is 9.59 Å². The molecule has 0 bridgehead atoms. The number of halogens is 1. The Hall–Kier alpha value is -0.810. The molecule has 102 valence electrons. The van der Waals surface area contributed by atoms with E-state index < -0.39 is 6.04 Å². The van der Waals surface area contributed by atoms with Gasteiger partial charge >= 0.3 is 0 Å². The third-order valence-electron chi connectivity index (χ3n) is 2.37. The van der Waals surface area contributed by atoms with Crippen molar-refractivity contribution in [2.45, 2.75) is 32.7 Å². The summed E-state index contributed by atoms with van der Waals surface area (Å²) in [5.41, 5.74) is 5.77. The highest BCUT2D eigenvalue weighted by atomic mass is 35.5. The molecule has 0 spiro atoms. The van der Waals surface area contributed by atoms with E-state index in [0.29, 0.717) is 25.3 Å². The van der Waals surface area contributed by atoms with Gasteiger partial charge in [-0.3, -0.25) is 9.59 Å². The van der Waals surface area contributed by atoms with Gasteiger partial charge in [0.25, 0.3) is 0 Å². The first-order chi connectivity index (χ1) is 7.38. The van der Waals surface area contributed by atoms with Gasteiger partial charge in [0.05, 0.1) is 6.04 Å². The van der Waals surface area contributed by atoms with Crippen LogP contribution in [0.2, 0.25) is 0 Å². The number of carbonyl (C=O) groups excluding carboxylic acids is 2. The first-order valence-electron chi connectivity index (χ1n) is 5.59. The normalized spacial score (nSPS) is 11.6. The van der Waals surface area contributed by atoms with Crippen LogP contribution >= 0.6 is 12.4 Å². The van der Waals surface area contributed by atoms with E-state index >= 15 is 0 Å². The largest absolute Gasteiger partial charge is 0.359 e. The Balaban J connectivity index is 0. The zero-order valence-corrected chi connectivity index (χ0v) is 11.8. The van der Waals surface area contributed by atoms with Crippen molar-refractivity contribution in [2.75, 3.05) is 20.6 Å². The average Bonchev–Trinajstić information content (AvgIpc) is 2.23. The summed E-state index contributed by atoms with van der Waals surface area (Å²) in [6.07, 6.45) is 0.982. The van der Waals surface area contributed by atoms with Crippen LogP contribution < -0.4 is 11.1 Å². The molecule has 0 fully saturated rings. The van der Waals surface area contributed by atoms with E-state index in [2.05, 4.69) is 5.32 Å². The van der Waals surface area contributed by atoms with E-state index in [9.17, 15) is 9.59 Å². The van der Waals surface area contributed by atoms with E-state index in [1.165, 1.54) is 4.90 Å². The van der Waals surface area contributed by atoms with Crippen LogP contribution in [0.5, 0.6) is 0 Å². The second kappa shape index (κ2) is 9.24. The molecule has 0 aromatic heterocycles. The van der Waals surface area contributed by atoms with Crippen molar-refractivity contribution in [1.82, 2.24) is 10.2 Å². The molecule has 1 atom stereocenters. The highest BCUT2D eigenvalue weighted by molar-refractivity contribution is 5.85.